The molecule has 1 amide bonds. The Morgan fingerprint density at radius 2 is 0.833 bits per heavy atom. The van der Waals surface area contributed by atoms with Gasteiger partial charge in [0.15, 0.2) is 0 Å². The van der Waals surface area contributed by atoms with Crippen molar-refractivity contribution in [2.45, 2.75) is 219 Å². The fourth-order valence-electron chi connectivity index (χ4n) is 6.38. The number of nitrogens with one attached hydrogen (secondary N) is 1. The van der Waals surface area contributed by atoms with E-state index in [0.717, 1.165) is 77.0 Å². The van der Waals surface area contributed by atoms with Crippen molar-refractivity contribution in [2.75, 3.05) is 6.61 Å². The molecule has 0 bridgehead atoms. The van der Waals surface area contributed by atoms with Gasteiger partial charge in [0, 0.05) is 6.42 Å². The van der Waals surface area contributed by atoms with E-state index in [1.54, 1.807) is 6.08 Å². The fourth-order valence-corrected chi connectivity index (χ4v) is 6.38. The first kappa shape index (κ1) is 51.6. The molecule has 3 N–H and O–H groups in total. The second-order valence-electron chi connectivity index (χ2n) is 15.1. The van der Waals surface area contributed by atoms with Crippen LogP contribution in [0.15, 0.2) is 85.1 Å². The molecule has 0 aliphatic heterocycles. The topological polar surface area (TPSA) is 69.6 Å². The molecule has 0 aromatic rings. The summed E-state index contributed by atoms with van der Waals surface area (Å²) < 4.78 is 0. The van der Waals surface area contributed by atoms with Crippen LogP contribution in [0, 0.1) is 0 Å². The summed E-state index contributed by atoms with van der Waals surface area (Å²) in [5, 5.41) is 23.0. The van der Waals surface area contributed by atoms with E-state index in [9.17, 15) is 15.0 Å². The molecule has 0 aromatic carbocycles. The van der Waals surface area contributed by atoms with Crippen LogP contribution < -0.4 is 5.32 Å². The Labute approximate surface area is 335 Å². The van der Waals surface area contributed by atoms with Gasteiger partial charge in [-0.05, 0) is 83.5 Å². The van der Waals surface area contributed by atoms with Gasteiger partial charge in [-0.2, -0.15) is 0 Å². The van der Waals surface area contributed by atoms with E-state index in [2.05, 4.69) is 92.1 Å². The Balaban J connectivity index is 3.69. The summed E-state index contributed by atoms with van der Waals surface area (Å²) in [6.07, 6.45) is 65.5. The number of carbonyl (C=O) groups is 1. The van der Waals surface area contributed by atoms with Gasteiger partial charge in [-0.1, -0.05) is 202 Å². The minimum absolute atomic E-state index is 0.0952. The molecule has 0 saturated carbocycles. The van der Waals surface area contributed by atoms with Crippen molar-refractivity contribution in [1.29, 1.82) is 0 Å². The van der Waals surface area contributed by atoms with E-state index < -0.39 is 12.1 Å². The third-order valence-electron chi connectivity index (χ3n) is 9.84. The highest BCUT2D eigenvalue weighted by atomic mass is 16.3. The average molecular weight is 750 g/mol. The van der Waals surface area contributed by atoms with E-state index in [4.69, 9.17) is 0 Å². The van der Waals surface area contributed by atoms with Crippen molar-refractivity contribution in [3.05, 3.63) is 85.1 Å². The predicted octanol–water partition coefficient (Wildman–Crippen LogP) is 14.5. The maximum atomic E-state index is 12.4. The molecule has 0 aromatic heterocycles. The number of amides is 1. The zero-order valence-electron chi connectivity index (χ0n) is 35.5. The van der Waals surface area contributed by atoms with Gasteiger partial charge in [-0.3, -0.25) is 4.79 Å². The van der Waals surface area contributed by atoms with Gasteiger partial charge in [-0.25, -0.2) is 0 Å². The predicted molar refractivity (Wildman–Crippen MR) is 239 cm³/mol. The molecule has 2 atom stereocenters. The third-order valence-corrected chi connectivity index (χ3v) is 9.84. The van der Waals surface area contributed by atoms with Crippen molar-refractivity contribution in [1.82, 2.24) is 5.32 Å². The second kappa shape index (κ2) is 45.0. The highest BCUT2D eigenvalue weighted by Crippen LogP contribution is 2.14. The van der Waals surface area contributed by atoms with Gasteiger partial charge in [0.2, 0.25) is 5.91 Å². The van der Waals surface area contributed by atoms with E-state index in [0.29, 0.717) is 6.42 Å². The quantitative estimate of drug-likeness (QED) is 0.0431. The van der Waals surface area contributed by atoms with E-state index >= 15 is 0 Å². The Bertz CT molecular complexity index is 988. The van der Waals surface area contributed by atoms with Gasteiger partial charge in [0.25, 0.3) is 0 Å². The van der Waals surface area contributed by atoms with Gasteiger partial charge >= 0.3 is 0 Å². The van der Waals surface area contributed by atoms with Crippen LogP contribution in [0.2, 0.25) is 0 Å². The summed E-state index contributed by atoms with van der Waals surface area (Å²) in [5.74, 6) is -0.0952. The SMILES string of the molecule is CC/C=C\C/C=C\C/C=C\C/C=C\CCCCCCCCC(=O)NC(CO)C(O)/C=C/CC/C=C/CC/C=C/CCCCCCCCCCCCCCC. The van der Waals surface area contributed by atoms with Crippen LogP contribution in [0.4, 0.5) is 0 Å². The Morgan fingerprint density at radius 1 is 0.463 bits per heavy atom. The highest BCUT2D eigenvalue weighted by Gasteiger charge is 2.17. The Morgan fingerprint density at radius 3 is 1.30 bits per heavy atom. The molecule has 0 aliphatic rings. The summed E-state index contributed by atoms with van der Waals surface area (Å²) in [6.45, 7) is 4.17. The number of allylic oxidation sites excluding steroid dienone is 13. The van der Waals surface area contributed by atoms with Gasteiger partial charge < -0.3 is 15.5 Å². The monoisotopic (exact) mass is 750 g/mol. The molecule has 54 heavy (non-hydrogen) atoms. The zero-order valence-corrected chi connectivity index (χ0v) is 35.5. The molecular weight excluding hydrogens is 663 g/mol. The van der Waals surface area contributed by atoms with Gasteiger partial charge in [0.05, 0.1) is 18.8 Å². The number of carbonyl (C=O) groups excluding carboxylic acids is 1. The molecule has 0 heterocycles. The molecule has 0 rings (SSSR count). The summed E-state index contributed by atoms with van der Waals surface area (Å²) in [4.78, 5) is 12.4. The Kier molecular flexibility index (Phi) is 42.9. The van der Waals surface area contributed by atoms with Gasteiger partial charge in [-0.15, -0.1) is 0 Å². The van der Waals surface area contributed by atoms with Crippen LogP contribution in [-0.2, 0) is 4.79 Å². The van der Waals surface area contributed by atoms with Crippen molar-refractivity contribution in [3.63, 3.8) is 0 Å². The number of unbranched alkanes of at least 4 members (excludes halogenated alkanes) is 21. The molecule has 0 aliphatic carbocycles. The number of hydrogen-bond acceptors (Lipinski definition) is 3. The fraction of sp³-hybridized carbons (Fsp3) is 0.700. The van der Waals surface area contributed by atoms with Gasteiger partial charge in [0.1, 0.15) is 0 Å². The molecule has 4 heteroatoms. The maximum absolute atomic E-state index is 12.4. The first-order valence-corrected chi connectivity index (χ1v) is 22.8. The second-order valence-corrected chi connectivity index (χ2v) is 15.1. The first-order valence-electron chi connectivity index (χ1n) is 22.8. The smallest absolute Gasteiger partial charge is 0.220 e. The minimum atomic E-state index is -0.881. The van der Waals surface area contributed by atoms with Crippen LogP contribution in [0.3, 0.4) is 0 Å². The zero-order chi connectivity index (χ0) is 39.3. The van der Waals surface area contributed by atoms with Crippen LogP contribution in [0.1, 0.15) is 206 Å². The summed E-state index contributed by atoms with van der Waals surface area (Å²) in [7, 11) is 0. The van der Waals surface area contributed by atoms with Crippen LogP contribution in [0.5, 0.6) is 0 Å². The third kappa shape index (κ3) is 40.7. The van der Waals surface area contributed by atoms with Crippen LogP contribution >= 0.6 is 0 Å². The van der Waals surface area contributed by atoms with Crippen molar-refractivity contribution in [3.8, 4) is 0 Å². The molecule has 0 fully saturated rings. The molecule has 2 unspecified atom stereocenters. The molecular formula is C50H87NO3. The average Bonchev–Trinajstić information content (AvgIpc) is 3.18. The highest BCUT2D eigenvalue weighted by molar-refractivity contribution is 5.76. The Hall–Kier alpha value is -2.43. The largest absolute Gasteiger partial charge is 0.394 e. The minimum Gasteiger partial charge on any atom is -0.394 e. The van der Waals surface area contributed by atoms with Crippen LogP contribution in [0.25, 0.3) is 0 Å². The summed E-state index contributed by atoms with van der Waals surface area (Å²) in [6, 6.07) is -0.658. The van der Waals surface area contributed by atoms with E-state index in [1.807, 2.05) is 6.08 Å². The number of aliphatic hydroxyl groups is 2. The standard InChI is InChI=1S/C50H87NO3/c1-3-5-7-9-11-13-15-17-19-21-23-24-25-26-28-29-31-33-35-37-39-41-43-45-49(53)48(47-52)51-50(54)46-44-42-40-38-36-34-32-30-27-22-20-18-16-14-12-10-8-6-4-2/h6,8,12,14,18,20,27-30,35,37,43,45,48-49,52-53H,3-5,7,9-11,13,15-17,19,21-26,31-34,36,38-42,44,46-47H2,1-2H3,(H,51,54)/b8-6-,14-12-,20-18-,29-28+,30-27-,37-35+,45-43+. The lowest BCUT2D eigenvalue weighted by molar-refractivity contribution is -0.123. The number of aliphatic hydroxyl groups excluding tert-OH is 2. The lowest BCUT2D eigenvalue weighted by Crippen LogP contribution is -2.45. The first-order chi connectivity index (χ1) is 26.7. The molecule has 4 nitrogen and oxygen atoms in total. The summed E-state index contributed by atoms with van der Waals surface area (Å²) >= 11 is 0. The van der Waals surface area contributed by atoms with E-state index in [-0.39, 0.29) is 12.5 Å². The normalized spacial score (nSPS) is 13.8. The molecule has 0 saturated heterocycles. The van der Waals surface area contributed by atoms with Crippen molar-refractivity contribution >= 4 is 5.91 Å². The lowest BCUT2D eigenvalue weighted by Gasteiger charge is -2.19. The number of hydrogen-bond donors (Lipinski definition) is 3. The summed E-state index contributed by atoms with van der Waals surface area (Å²) in [5.41, 5.74) is 0. The lowest BCUT2D eigenvalue weighted by atomic mass is 10.0. The molecule has 310 valence electrons. The van der Waals surface area contributed by atoms with Crippen molar-refractivity contribution in [2.24, 2.45) is 0 Å². The maximum Gasteiger partial charge on any atom is 0.220 e. The van der Waals surface area contributed by atoms with E-state index in [1.165, 1.54) is 109 Å². The van der Waals surface area contributed by atoms with Crippen molar-refractivity contribution < 1.29 is 15.0 Å². The number of rotatable bonds is 40. The molecule has 0 spiro atoms. The molecule has 0 radical (unpaired) electrons. The van der Waals surface area contributed by atoms with Crippen LogP contribution in [-0.4, -0.2) is 34.9 Å².